The van der Waals surface area contributed by atoms with Crippen LogP contribution in [-0.4, -0.2) is 49.1 Å². The second-order valence-electron chi connectivity index (χ2n) is 4.88. The second kappa shape index (κ2) is 5.75. The van der Waals surface area contributed by atoms with Crippen molar-refractivity contribution in [1.82, 2.24) is 4.90 Å². The molecule has 2 fully saturated rings. The van der Waals surface area contributed by atoms with Gasteiger partial charge in [-0.15, -0.1) is 0 Å². The Morgan fingerprint density at radius 2 is 2.24 bits per heavy atom. The lowest BCUT2D eigenvalue weighted by molar-refractivity contribution is -0.535. The lowest BCUT2D eigenvalue weighted by atomic mass is 9.82. The third kappa shape index (κ3) is 2.75. The normalized spacial score (nSPS) is 33.6. The summed E-state index contributed by atoms with van der Waals surface area (Å²) < 4.78 is 10.2. The zero-order chi connectivity index (χ0) is 12.3. The summed E-state index contributed by atoms with van der Waals surface area (Å²) >= 11 is 0. The smallest absolute Gasteiger partial charge is 0.228 e. The van der Waals surface area contributed by atoms with Gasteiger partial charge >= 0.3 is 0 Å². The van der Waals surface area contributed by atoms with Crippen LogP contribution in [0.1, 0.15) is 25.7 Å². The van der Waals surface area contributed by atoms with Crippen LogP contribution >= 0.6 is 0 Å². The molecule has 1 aliphatic carbocycles. The molecule has 3 unspecified atom stereocenters. The summed E-state index contributed by atoms with van der Waals surface area (Å²) in [6, 6.07) is -0.349. The second-order valence-corrected chi connectivity index (χ2v) is 4.88. The minimum absolute atomic E-state index is 0.0654. The molecule has 98 valence electrons. The number of hydrogen-bond acceptors (Lipinski definition) is 5. The number of rotatable bonds is 5. The Labute approximate surface area is 101 Å². The summed E-state index contributed by atoms with van der Waals surface area (Å²) in [6.07, 6.45) is 3.87. The zero-order valence-corrected chi connectivity index (χ0v) is 10.2. The quantitative estimate of drug-likeness (QED) is 0.313. The largest absolute Gasteiger partial charge is 0.359 e. The van der Waals surface area contributed by atoms with E-state index in [9.17, 15) is 10.1 Å². The number of hydrogen-bond donors (Lipinski definition) is 0. The van der Waals surface area contributed by atoms with Crippen molar-refractivity contribution in [3.8, 4) is 0 Å². The molecule has 1 saturated heterocycles. The van der Waals surface area contributed by atoms with Crippen molar-refractivity contribution >= 4 is 0 Å². The van der Waals surface area contributed by atoms with Crippen LogP contribution in [0.2, 0.25) is 0 Å². The Kier molecular flexibility index (Phi) is 4.31. The molecule has 6 heteroatoms. The molecule has 0 aromatic rings. The van der Waals surface area contributed by atoms with Crippen LogP contribution in [0.3, 0.4) is 0 Å². The van der Waals surface area contributed by atoms with Crippen molar-refractivity contribution in [2.45, 2.75) is 37.8 Å². The molecule has 0 aromatic heterocycles. The first kappa shape index (κ1) is 12.7. The van der Waals surface area contributed by atoms with Gasteiger partial charge in [-0.1, -0.05) is 0 Å². The van der Waals surface area contributed by atoms with Crippen LogP contribution < -0.4 is 0 Å². The first-order valence-electron chi connectivity index (χ1n) is 6.18. The summed E-state index contributed by atoms with van der Waals surface area (Å²) in [6.45, 7) is 1.60. The summed E-state index contributed by atoms with van der Waals surface area (Å²) in [5, 5.41) is 11.1. The van der Waals surface area contributed by atoms with Gasteiger partial charge in [-0.05, 0) is 25.2 Å². The molecule has 0 spiro atoms. The van der Waals surface area contributed by atoms with Crippen molar-refractivity contribution < 1.29 is 14.4 Å². The van der Waals surface area contributed by atoms with E-state index in [-0.39, 0.29) is 17.8 Å². The summed E-state index contributed by atoms with van der Waals surface area (Å²) in [5.41, 5.74) is 0. The van der Waals surface area contributed by atoms with E-state index in [1.54, 1.807) is 7.11 Å². The van der Waals surface area contributed by atoms with E-state index in [4.69, 9.17) is 9.47 Å². The van der Waals surface area contributed by atoms with Crippen molar-refractivity contribution in [1.29, 1.82) is 0 Å². The van der Waals surface area contributed by atoms with E-state index in [2.05, 4.69) is 4.90 Å². The van der Waals surface area contributed by atoms with Crippen molar-refractivity contribution in [3.05, 3.63) is 10.1 Å². The average Bonchev–Trinajstić information content (AvgIpc) is 2.73. The summed E-state index contributed by atoms with van der Waals surface area (Å²) in [5.74, 6) is 0.477. The van der Waals surface area contributed by atoms with Crippen LogP contribution in [0.5, 0.6) is 0 Å². The molecule has 1 heterocycles. The topological polar surface area (TPSA) is 64.8 Å². The highest BCUT2D eigenvalue weighted by atomic mass is 16.7. The van der Waals surface area contributed by atoms with Crippen molar-refractivity contribution in [2.75, 3.05) is 27.2 Å². The van der Waals surface area contributed by atoms with Gasteiger partial charge in [0, 0.05) is 25.0 Å². The molecule has 2 aliphatic rings. The van der Waals surface area contributed by atoms with Gasteiger partial charge in [-0.2, -0.15) is 0 Å². The fourth-order valence-corrected chi connectivity index (χ4v) is 3.20. The van der Waals surface area contributed by atoms with Gasteiger partial charge in [0.05, 0.1) is 6.04 Å². The van der Waals surface area contributed by atoms with E-state index in [0.29, 0.717) is 19.1 Å². The predicted molar refractivity (Wildman–Crippen MR) is 61.1 cm³/mol. The number of likely N-dealkylation sites (tertiary alicyclic amines) is 1. The Balaban J connectivity index is 1.96. The number of fused-ring (bicyclic) bond motifs is 1. The third-order valence-electron chi connectivity index (χ3n) is 3.89. The van der Waals surface area contributed by atoms with Crippen LogP contribution in [0, 0.1) is 16.0 Å². The number of nitro groups is 1. The maximum Gasteiger partial charge on any atom is 0.228 e. The van der Waals surface area contributed by atoms with E-state index in [1.165, 1.54) is 0 Å². The van der Waals surface area contributed by atoms with E-state index in [1.807, 2.05) is 0 Å². The van der Waals surface area contributed by atoms with Gasteiger partial charge < -0.3 is 9.47 Å². The van der Waals surface area contributed by atoms with Crippen LogP contribution in [0.15, 0.2) is 0 Å². The summed E-state index contributed by atoms with van der Waals surface area (Å²) in [4.78, 5) is 13.1. The number of ether oxygens (including phenoxy) is 2. The highest BCUT2D eigenvalue weighted by Gasteiger charge is 2.47. The molecule has 1 saturated carbocycles. The maximum atomic E-state index is 11.1. The minimum Gasteiger partial charge on any atom is -0.359 e. The lowest BCUT2D eigenvalue weighted by Crippen LogP contribution is -2.49. The fourth-order valence-electron chi connectivity index (χ4n) is 3.20. The summed E-state index contributed by atoms with van der Waals surface area (Å²) in [7, 11) is 1.58. The Bertz CT molecular complexity index is 274. The predicted octanol–water partition coefficient (Wildman–Crippen LogP) is 1.08. The molecule has 0 aromatic carbocycles. The van der Waals surface area contributed by atoms with Gasteiger partial charge in [0.15, 0.2) is 0 Å². The molecule has 0 amide bonds. The molecular weight excluding hydrogens is 224 g/mol. The van der Waals surface area contributed by atoms with Crippen LogP contribution in [0.25, 0.3) is 0 Å². The molecule has 6 nitrogen and oxygen atoms in total. The lowest BCUT2D eigenvalue weighted by Gasteiger charge is -2.33. The molecule has 17 heavy (non-hydrogen) atoms. The standard InChI is InChI=1S/C11H20N2O4/c1-16-8-17-7-12-6-5-9-3-2-4-10(11(9)12)13(14)15/h9-11H,2-8H2,1H3. The molecule has 1 aliphatic heterocycles. The van der Waals surface area contributed by atoms with Gasteiger partial charge in [0.25, 0.3) is 0 Å². The Hall–Kier alpha value is -0.720. The minimum atomic E-state index is -0.414. The Morgan fingerprint density at radius 1 is 1.41 bits per heavy atom. The zero-order valence-electron chi connectivity index (χ0n) is 10.2. The van der Waals surface area contributed by atoms with Gasteiger partial charge in [-0.25, -0.2) is 0 Å². The van der Waals surface area contributed by atoms with Crippen molar-refractivity contribution in [3.63, 3.8) is 0 Å². The highest BCUT2D eigenvalue weighted by molar-refractivity contribution is 4.94. The highest BCUT2D eigenvalue weighted by Crippen LogP contribution is 2.37. The van der Waals surface area contributed by atoms with Crippen LogP contribution in [0.4, 0.5) is 0 Å². The van der Waals surface area contributed by atoms with E-state index >= 15 is 0 Å². The molecule has 0 radical (unpaired) electrons. The Morgan fingerprint density at radius 3 is 2.94 bits per heavy atom. The van der Waals surface area contributed by atoms with E-state index in [0.717, 1.165) is 25.8 Å². The van der Waals surface area contributed by atoms with E-state index < -0.39 is 6.04 Å². The first-order valence-corrected chi connectivity index (χ1v) is 6.18. The van der Waals surface area contributed by atoms with Gasteiger partial charge in [0.2, 0.25) is 6.04 Å². The number of nitrogens with zero attached hydrogens (tertiary/aromatic N) is 2. The number of methoxy groups -OCH3 is 1. The van der Waals surface area contributed by atoms with Gasteiger partial charge in [-0.3, -0.25) is 15.0 Å². The first-order chi connectivity index (χ1) is 8.24. The van der Waals surface area contributed by atoms with Crippen LogP contribution in [-0.2, 0) is 9.47 Å². The molecular formula is C11H20N2O4. The van der Waals surface area contributed by atoms with Crippen molar-refractivity contribution in [2.24, 2.45) is 5.92 Å². The SMILES string of the molecule is COCOCN1CCC2CCCC([N+](=O)[O-])C21. The third-order valence-corrected chi connectivity index (χ3v) is 3.89. The molecule has 0 bridgehead atoms. The molecule has 0 N–H and O–H groups in total. The average molecular weight is 244 g/mol. The molecule has 3 atom stereocenters. The van der Waals surface area contributed by atoms with Gasteiger partial charge in [0.1, 0.15) is 13.5 Å². The fraction of sp³-hybridized carbons (Fsp3) is 1.00. The monoisotopic (exact) mass is 244 g/mol. The molecule has 2 rings (SSSR count). The maximum absolute atomic E-state index is 11.1.